The Labute approximate surface area is 199 Å². The van der Waals surface area contributed by atoms with Crippen molar-refractivity contribution in [3.8, 4) is 11.8 Å². The number of nitrogens with zero attached hydrogens (tertiary/aromatic N) is 6. The first-order valence-electron chi connectivity index (χ1n) is 10.6. The molecule has 0 aliphatic carbocycles. The highest BCUT2D eigenvalue weighted by molar-refractivity contribution is 6.04. The van der Waals surface area contributed by atoms with Gasteiger partial charge in [-0.3, -0.25) is 14.2 Å². The summed E-state index contributed by atoms with van der Waals surface area (Å²) in [5.41, 5.74) is 0.841. The van der Waals surface area contributed by atoms with Gasteiger partial charge >= 0.3 is 0 Å². The molecule has 0 saturated carbocycles. The second kappa shape index (κ2) is 9.56. The molecule has 1 aromatic carbocycles. The predicted octanol–water partition coefficient (Wildman–Crippen LogP) is 2.63. The fraction of sp³-hybridized carbons (Fsp3) is 0.208. The second-order valence-corrected chi connectivity index (χ2v) is 7.93. The third kappa shape index (κ3) is 4.49. The fourth-order valence-electron chi connectivity index (χ4n) is 3.95. The Hall–Kier alpha value is -4.85. The van der Waals surface area contributed by atoms with E-state index >= 15 is 0 Å². The molecule has 2 unspecified atom stereocenters. The summed E-state index contributed by atoms with van der Waals surface area (Å²) in [7, 11) is 1.46. The molecule has 0 spiro atoms. The van der Waals surface area contributed by atoms with Gasteiger partial charge in [-0.25, -0.2) is 15.0 Å². The van der Waals surface area contributed by atoms with Crippen LogP contribution >= 0.6 is 0 Å². The van der Waals surface area contributed by atoms with Crippen LogP contribution in [-0.4, -0.2) is 35.7 Å². The summed E-state index contributed by atoms with van der Waals surface area (Å²) in [4.78, 5) is 38.7. The van der Waals surface area contributed by atoms with E-state index in [9.17, 15) is 20.0 Å². The van der Waals surface area contributed by atoms with Crippen LogP contribution < -0.4 is 10.9 Å². The Morgan fingerprint density at radius 2 is 1.94 bits per heavy atom. The van der Waals surface area contributed by atoms with Gasteiger partial charge in [-0.05, 0) is 24.1 Å². The lowest BCUT2D eigenvalue weighted by Gasteiger charge is -2.26. The average molecular weight is 471 g/mol. The predicted molar refractivity (Wildman–Crippen MR) is 124 cm³/mol. The molecule has 11 nitrogen and oxygen atoms in total. The topological polar surface area (TPSA) is 160 Å². The van der Waals surface area contributed by atoms with Crippen LogP contribution in [0.2, 0.25) is 0 Å². The van der Waals surface area contributed by atoms with Crippen LogP contribution in [0.15, 0.2) is 58.4 Å². The number of rotatable bonds is 6. The summed E-state index contributed by atoms with van der Waals surface area (Å²) >= 11 is 0. The minimum Gasteiger partial charge on any atom is -0.501 e. The van der Waals surface area contributed by atoms with Crippen LogP contribution in [0.25, 0.3) is 0 Å². The number of aromatic nitrogens is 5. The van der Waals surface area contributed by atoms with Gasteiger partial charge in [-0.15, -0.1) is 0 Å². The molecular formula is C24H21N7O4. The maximum atomic E-state index is 12.9. The standard InChI is InChI=1S/C24H21N7O4/c1-13(19(16-9-26-14(2)27-10-16)18-7-5-4-6-15(18)8-25)22-30-20(21(32)24(34)31(22)3)23(33)29-17-11-28-35-12-17/h4-7,9-13,19,32H,1-3H3,(H,29,33). The van der Waals surface area contributed by atoms with Gasteiger partial charge in [0.15, 0.2) is 5.69 Å². The van der Waals surface area contributed by atoms with Crippen molar-refractivity contribution in [1.82, 2.24) is 24.7 Å². The summed E-state index contributed by atoms with van der Waals surface area (Å²) in [6.45, 7) is 3.58. The Kier molecular flexibility index (Phi) is 6.37. The Bertz CT molecular complexity index is 1470. The van der Waals surface area contributed by atoms with Crippen molar-refractivity contribution in [2.24, 2.45) is 7.05 Å². The molecule has 35 heavy (non-hydrogen) atoms. The van der Waals surface area contributed by atoms with Gasteiger partial charge in [0.2, 0.25) is 5.75 Å². The second-order valence-electron chi connectivity index (χ2n) is 7.93. The van der Waals surface area contributed by atoms with Crippen LogP contribution in [-0.2, 0) is 7.05 Å². The molecule has 2 atom stereocenters. The van der Waals surface area contributed by atoms with E-state index in [-0.39, 0.29) is 11.5 Å². The molecule has 1 amide bonds. The van der Waals surface area contributed by atoms with E-state index in [1.54, 1.807) is 31.5 Å². The lowest BCUT2D eigenvalue weighted by atomic mass is 9.80. The Morgan fingerprint density at radius 3 is 2.60 bits per heavy atom. The van der Waals surface area contributed by atoms with Crippen LogP contribution in [0.5, 0.6) is 5.75 Å². The van der Waals surface area contributed by atoms with E-state index in [1.807, 2.05) is 19.1 Å². The summed E-state index contributed by atoms with van der Waals surface area (Å²) in [6, 6.07) is 9.29. The fourth-order valence-corrected chi connectivity index (χ4v) is 3.95. The van der Waals surface area contributed by atoms with Gasteiger partial charge in [0.25, 0.3) is 11.5 Å². The zero-order chi connectivity index (χ0) is 25.1. The van der Waals surface area contributed by atoms with Gasteiger partial charge in [0, 0.05) is 31.3 Å². The van der Waals surface area contributed by atoms with Gasteiger partial charge in [0.1, 0.15) is 23.6 Å². The molecule has 3 aromatic heterocycles. The van der Waals surface area contributed by atoms with Crippen LogP contribution in [0.4, 0.5) is 5.69 Å². The molecule has 4 aromatic rings. The molecule has 0 bridgehead atoms. The summed E-state index contributed by atoms with van der Waals surface area (Å²) in [5, 5.41) is 26.1. The maximum Gasteiger partial charge on any atom is 0.296 e. The number of aryl methyl sites for hydroxylation is 1. The van der Waals surface area contributed by atoms with Crippen molar-refractivity contribution in [3.63, 3.8) is 0 Å². The van der Waals surface area contributed by atoms with E-state index in [0.29, 0.717) is 22.5 Å². The highest BCUT2D eigenvalue weighted by atomic mass is 16.5. The van der Waals surface area contributed by atoms with E-state index < -0.39 is 34.7 Å². The monoisotopic (exact) mass is 471 g/mol. The first-order chi connectivity index (χ1) is 16.8. The smallest absolute Gasteiger partial charge is 0.296 e. The van der Waals surface area contributed by atoms with Crippen molar-refractivity contribution in [2.75, 3.05) is 5.32 Å². The lowest BCUT2D eigenvalue weighted by Crippen LogP contribution is -2.29. The van der Waals surface area contributed by atoms with Gasteiger partial charge < -0.3 is 14.9 Å². The molecule has 0 aliphatic rings. The Morgan fingerprint density at radius 1 is 1.23 bits per heavy atom. The number of carbonyl (C=O) groups excluding carboxylic acids is 1. The molecule has 0 aliphatic heterocycles. The number of nitriles is 1. The Balaban J connectivity index is 1.86. The van der Waals surface area contributed by atoms with Crippen molar-refractivity contribution in [2.45, 2.75) is 25.7 Å². The van der Waals surface area contributed by atoms with E-state index in [2.05, 4.69) is 31.5 Å². The molecule has 11 heteroatoms. The first-order valence-corrected chi connectivity index (χ1v) is 10.6. The molecule has 0 fully saturated rings. The minimum atomic E-state index is -0.801. The third-order valence-electron chi connectivity index (χ3n) is 5.69. The van der Waals surface area contributed by atoms with Crippen molar-refractivity contribution < 1.29 is 14.4 Å². The summed E-state index contributed by atoms with van der Waals surface area (Å²) in [5.74, 6) is -1.80. The zero-order valence-electron chi connectivity index (χ0n) is 19.1. The molecule has 4 rings (SSSR count). The summed E-state index contributed by atoms with van der Waals surface area (Å²) < 4.78 is 5.88. The van der Waals surface area contributed by atoms with Crippen molar-refractivity contribution in [3.05, 3.63) is 93.5 Å². The quantitative estimate of drug-likeness (QED) is 0.431. The number of hydrogen-bond donors (Lipinski definition) is 2. The van der Waals surface area contributed by atoms with Crippen LogP contribution in [0, 0.1) is 18.3 Å². The van der Waals surface area contributed by atoms with Crippen molar-refractivity contribution in [1.29, 1.82) is 5.26 Å². The zero-order valence-corrected chi connectivity index (χ0v) is 19.1. The lowest BCUT2D eigenvalue weighted by molar-refractivity contribution is 0.101. The normalized spacial score (nSPS) is 12.5. The summed E-state index contributed by atoms with van der Waals surface area (Å²) in [6.07, 6.45) is 5.79. The van der Waals surface area contributed by atoms with Crippen molar-refractivity contribution >= 4 is 11.6 Å². The highest BCUT2D eigenvalue weighted by Gasteiger charge is 2.31. The molecular weight excluding hydrogens is 450 g/mol. The van der Waals surface area contributed by atoms with E-state index in [4.69, 9.17) is 4.52 Å². The minimum absolute atomic E-state index is 0.224. The number of aromatic hydroxyl groups is 1. The number of anilines is 1. The largest absolute Gasteiger partial charge is 0.501 e. The third-order valence-corrected chi connectivity index (χ3v) is 5.69. The number of benzene rings is 1. The van der Waals surface area contributed by atoms with E-state index in [1.165, 1.54) is 24.1 Å². The van der Waals surface area contributed by atoms with Gasteiger partial charge in [-0.1, -0.05) is 30.3 Å². The average Bonchev–Trinajstić information content (AvgIpc) is 3.37. The van der Waals surface area contributed by atoms with Gasteiger partial charge in [-0.2, -0.15) is 5.26 Å². The maximum absolute atomic E-state index is 12.9. The number of amides is 1. The van der Waals surface area contributed by atoms with Gasteiger partial charge in [0.05, 0.1) is 17.8 Å². The number of hydrogen-bond acceptors (Lipinski definition) is 9. The molecule has 3 heterocycles. The molecule has 0 radical (unpaired) electrons. The first kappa shape index (κ1) is 23.3. The SMILES string of the molecule is Cc1ncc(C(c2ccccc2C#N)C(C)c2nc(C(=O)Nc3cnoc3)c(O)c(=O)n2C)cn1. The highest BCUT2D eigenvalue weighted by Crippen LogP contribution is 2.38. The molecule has 0 saturated heterocycles. The molecule has 176 valence electrons. The number of nitrogens with one attached hydrogen (secondary N) is 1. The van der Waals surface area contributed by atoms with Crippen LogP contribution in [0.1, 0.15) is 57.6 Å². The van der Waals surface area contributed by atoms with E-state index in [0.717, 1.165) is 0 Å². The number of carbonyl (C=O) groups is 1. The van der Waals surface area contributed by atoms with Crippen LogP contribution in [0.3, 0.4) is 0 Å². The molecule has 2 N–H and O–H groups in total.